The highest BCUT2D eigenvalue weighted by Gasteiger charge is 2.29. The maximum absolute atomic E-state index is 12.9. The summed E-state index contributed by atoms with van der Waals surface area (Å²) >= 11 is 1.25. The van der Waals surface area contributed by atoms with Crippen LogP contribution >= 0.6 is 11.8 Å². The fourth-order valence-corrected chi connectivity index (χ4v) is 3.66. The maximum atomic E-state index is 12.9. The summed E-state index contributed by atoms with van der Waals surface area (Å²) in [6.45, 7) is 0.403. The average molecular weight is 353 g/mol. The second-order valence-corrected chi connectivity index (χ2v) is 6.76. The topological polar surface area (TPSA) is 73.2 Å². The van der Waals surface area contributed by atoms with Gasteiger partial charge >= 0.3 is 5.97 Å². The second-order valence-electron chi connectivity index (χ2n) is 5.59. The first-order valence-corrected chi connectivity index (χ1v) is 8.77. The number of hydrogen-bond acceptors (Lipinski definition) is 6. The number of para-hydroxylation sites is 2. The van der Waals surface area contributed by atoms with Crippen LogP contribution in [0.15, 0.2) is 64.5 Å². The SMILES string of the molecule is O=C1OCC[C@H]1Sc1nc2ccccc2c(=O)n1Nc1ccccc1. The number of carbonyl (C=O) groups is 1. The molecule has 0 bridgehead atoms. The lowest BCUT2D eigenvalue weighted by molar-refractivity contribution is -0.137. The number of cyclic esters (lactones) is 1. The van der Waals surface area contributed by atoms with Crippen molar-refractivity contribution in [2.45, 2.75) is 16.8 Å². The minimum atomic E-state index is -0.350. The van der Waals surface area contributed by atoms with Gasteiger partial charge in [0.1, 0.15) is 5.25 Å². The number of nitrogens with zero attached hydrogens (tertiary/aromatic N) is 2. The van der Waals surface area contributed by atoms with Crippen molar-refractivity contribution in [1.82, 2.24) is 9.66 Å². The fraction of sp³-hybridized carbons (Fsp3) is 0.167. The molecule has 7 heteroatoms. The Labute approximate surface area is 147 Å². The van der Waals surface area contributed by atoms with Crippen LogP contribution in [0.25, 0.3) is 10.9 Å². The van der Waals surface area contributed by atoms with Gasteiger partial charge in [0.25, 0.3) is 5.56 Å². The number of esters is 1. The zero-order valence-electron chi connectivity index (χ0n) is 13.2. The van der Waals surface area contributed by atoms with Crippen LogP contribution in [0.3, 0.4) is 0 Å². The van der Waals surface area contributed by atoms with Crippen LogP contribution in [0.1, 0.15) is 6.42 Å². The summed E-state index contributed by atoms with van der Waals surface area (Å²) in [5.74, 6) is -0.265. The van der Waals surface area contributed by atoms with E-state index in [4.69, 9.17) is 4.74 Å². The van der Waals surface area contributed by atoms with Crippen molar-refractivity contribution in [3.8, 4) is 0 Å². The molecular formula is C18H15N3O3S. The summed E-state index contributed by atoms with van der Waals surface area (Å²) in [6.07, 6.45) is 0.609. The molecule has 1 fully saturated rings. The summed E-state index contributed by atoms with van der Waals surface area (Å²) in [7, 11) is 0. The fourth-order valence-electron chi connectivity index (χ4n) is 2.64. The van der Waals surface area contributed by atoms with E-state index in [-0.39, 0.29) is 16.8 Å². The first kappa shape index (κ1) is 15.7. The van der Waals surface area contributed by atoms with E-state index >= 15 is 0 Å². The number of anilines is 1. The monoisotopic (exact) mass is 353 g/mol. The van der Waals surface area contributed by atoms with Crippen LogP contribution < -0.4 is 11.0 Å². The van der Waals surface area contributed by atoms with Crippen LogP contribution in [0.4, 0.5) is 5.69 Å². The van der Waals surface area contributed by atoms with Crippen LogP contribution in [0.5, 0.6) is 0 Å². The van der Waals surface area contributed by atoms with Gasteiger partial charge in [-0.3, -0.25) is 15.0 Å². The Hall–Kier alpha value is -2.80. The molecule has 1 saturated heterocycles. The van der Waals surface area contributed by atoms with Crippen LogP contribution in [-0.2, 0) is 9.53 Å². The van der Waals surface area contributed by atoms with Crippen LogP contribution in [0, 0.1) is 0 Å². The molecule has 2 heterocycles. The number of hydrogen-bond donors (Lipinski definition) is 1. The van der Waals surface area contributed by atoms with Gasteiger partial charge in [0.2, 0.25) is 0 Å². The lowest BCUT2D eigenvalue weighted by Gasteiger charge is -2.16. The zero-order chi connectivity index (χ0) is 17.2. The number of aromatic nitrogens is 2. The molecule has 1 aliphatic rings. The van der Waals surface area contributed by atoms with E-state index in [1.54, 1.807) is 18.2 Å². The van der Waals surface area contributed by atoms with E-state index in [0.29, 0.717) is 29.1 Å². The molecule has 0 radical (unpaired) electrons. The summed E-state index contributed by atoms with van der Waals surface area (Å²) in [4.78, 5) is 29.3. The third kappa shape index (κ3) is 3.10. The quantitative estimate of drug-likeness (QED) is 0.574. The van der Waals surface area contributed by atoms with Crippen LogP contribution in [0.2, 0.25) is 0 Å². The number of fused-ring (bicyclic) bond motifs is 1. The standard InChI is InChI=1S/C18H15N3O3S/c22-16-13-8-4-5-9-14(13)19-18(25-15-10-11-24-17(15)23)21(16)20-12-6-2-1-3-7-12/h1-9,15,20H,10-11H2/t15-/m1/s1. The van der Waals surface area contributed by atoms with Crippen molar-refractivity contribution in [3.05, 3.63) is 65.0 Å². The predicted molar refractivity (Wildman–Crippen MR) is 96.7 cm³/mol. The first-order chi connectivity index (χ1) is 12.2. The second kappa shape index (κ2) is 6.60. The molecule has 6 nitrogen and oxygen atoms in total. The number of benzene rings is 2. The Kier molecular flexibility index (Phi) is 4.15. The molecule has 4 rings (SSSR count). The largest absolute Gasteiger partial charge is 0.465 e. The average Bonchev–Trinajstić information content (AvgIpc) is 3.04. The lowest BCUT2D eigenvalue weighted by Crippen LogP contribution is -2.30. The van der Waals surface area contributed by atoms with Gasteiger partial charge in [-0.25, -0.2) is 4.98 Å². The van der Waals surface area contributed by atoms with Crippen molar-refractivity contribution in [1.29, 1.82) is 0 Å². The van der Waals surface area contributed by atoms with E-state index in [9.17, 15) is 9.59 Å². The lowest BCUT2D eigenvalue weighted by atomic mass is 10.2. The molecule has 1 atom stereocenters. The van der Waals surface area contributed by atoms with Crippen molar-refractivity contribution in [2.24, 2.45) is 0 Å². The first-order valence-electron chi connectivity index (χ1n) is 7.89. The minimum Gasteiger partial charge on any atom is -0.465 e. The Morgan fingerprint density at radius 3 is 2.60 bits per heavy atom. The molecule has 0 aliphatic carbocycles. The van der Waals surface area contributed by atoms with Gasteiger partial charge < -0.3 is 4.74 Å². The summed E-state index contributed by atoms with van der Waals surface area (Å²) in [5, 5.41) is 0.609. The Bertz CT molecular complexity index is 988. The molecule has 0 saturated carbocycles. The third-order valence-corrected chi connectivity index (χ3v) is 5.09. The normalized spacial score (nSPS) is 16.8. The molecule has 0 spiro atoms. The van der Waals surface area contributed by atoms with E-state index in [1.165, 1.54) is 16.4 Å². The highest BCUT2D eigenvalue weighted by molar-refractivity contribution is 8.00. The van der Waals surface area contributed by atoms with Gasteiger partial charge in [0.05, 0.1) is 23.2 Å². The van der Waals surface area contributed by atoms with Crippen molar-refractivity contribution < 1.29 is 9.53 Å². The zero-order valence-corrected chi connectivity index (χ0v) is 14.0. The number of carbonyl (C=O) groups excluding carboxylic acids is 1. The van der Waals surface area contributed by atoms with Gasteiger partial charge in [-0.15, -0.1) is 0 Å². The highest BCUT2D eigenvalue weighted by atomic mass is 32.2. The van der Waals surface area contributed by atoms with Crippen molar-refractivity contribution in [2.75, 3.05) is 12.0 Å². The van der Waals surface area contributed by atoms with Gasteiger partial charge in [-0.05, 0) is 24.3 Å². The van der Waals surface area contributed by atoms with E-state index < -0.39 is 0 Å². The van der Waals surface area contributed by atoms with Crippen molar-refractivity contribution >= 4 is 34.3 Å². The predicted octanol–water partition coefficient (Wildman–Crippen LogP) is 2.68. The Morgan fingerprint density at radius 1 is 1.08 bits per heavy atom. The summed E-state index contributed by atoms with van der Waals surface area (Å²) in [6, 6.07) is 16.6. The molecule has 0 unspecified atom stereocenters. The summed E-state index contributed by atoms with van der Waals surface area (Å²) in [5.41, 5.74) is 4.25. The summed E-state index contributed by atoms with van der Waals surface area (Å²) < 4.78 is 6.41. The third-order valence-electron chi connectivity index (χ3n) is 3.89. The molecule has 1 aromatic heterocycles. The molecular weight excluding hydrogens is 338 g/mol. The van der Waals surface area contributed by atoms with Crippen LogP contribution in [-0.4, -0.2) is 27.5 Å². The molecule has 3 aromatic rings. The molecule has 0 amide bonds. The maximum Gasteiger partial charge on any atom is 0.319 e. The molecule has 1 N–H and O–H groups in total. The number of ether oxygens (including phenoxy) is 1. The van der Waals surface area contributed by atoms with E-state index in [0.717, 1.165) is 5.69 Å². The van der Waals surface area contributed by atoms with E-state index in [2.05, 4.69) is 10.4 Å². The van der Waals surface area contributed by atoms with Gasteiger partial charge in [0, 0.05) is 6.42 Å². The molecule has 2 aromatic carbocycles. The van der Waals surface area contributed by atoms with Crippen molar-refractivity contribution in [3.63, 3.8) is 0 Å². The number of nitrogens with one attached hydrogen (secondary N) is 1. The number of thioether (sulfide) groups is 1. The minimum absolute atomic E-state index is 0.205. The van der Waals surface area contributed by atoms with Gasteiger partial charge in [-0.1, -0.05) is 42.1 Å². The van der Waals surface area contributed by atoms with E-state index in [1.807, 2.05) is 36.4 Å². The molecule has 1 aliphatic heterocycles. The Morgan fingerprint density at radius 2 is 1.84 bits per heavy atom. The van der Waals surface area contributed by atoms with Gasteiger partial charge in [0.15, 0.2) is 5.16 Å². The van der Waals surface area contributed by atoms with Gasteiger partial charge in [-0.2, -0.15) is 4.68 Å². The molecule has 126 valence electrons. The number of rotatable bonds is 4. The smallest absolute Gasteiger partial charge is 0.319 e. The Balaban J connectivity index is 1.82. The highest BCUT2D eigenvalue weighted by Crippen LogP contribution is 2.28. The molecule has 25 heavy (non-hydrogen) atoms.